The van der Waals surface area contributed by atoms with Gasteiger partial charge in [-0.3, -0.25) is 20.1 Å². The van der Waals surface area contributed by atoms with Gasteiger partial charge in [0.25, 0.3) is 0 Å². The summed E-state index contributed by atoms with van der Waals surface area (Å²) in [5.41, 5.74) is 3.34. The number of benzodiazepines with no additional fused rings is 1. The van der Waals surface area contributed by atoms with Gasteiger partial charge in [0, 0.05) is 34.9 Å². The van der Waals surface area contributed by atoms with Crippen molar-refractivity contribution in [2.45, 2.75) is 38.1 Å². The molecule has 1 aliphatic rings. The Bertz CT molecular complexity index is 873. The predicted molar refractivity (Wildman–Crippen MR) is 116 cm³/mol. The number of aliphatic hydroxyl groups excluding tert-OH is 1. The van der Waals surface area contributed by atoms with E-state index in [0.717, 1.165) is 27.1 Å². The van der Waals surface area contributed by atoms with E-state index < -0.39 is 6.10 Å². The van der Waals surface area contributed by atoms with Crippen LogP contribution in [0.3, 0.4) is 0 Å². The highest BCUT2D eigenvalue weighted by Crippen LogP contribution is 2.29. The van der Waals surface area contributed by atoms with E-state index in [1.54, 1.807) is 13.1 Å². The Morgan fingerprint density at radius 3 is 2.90 bits per heavy atom. The average molecular weight is 461 g/mol. The van der Waals surface area contributed by atoms with Crippen molar-refractivity contribution in [3.8, 4) is 0 Å². The first-order chi connectivity index (χ1) is 14.0. The lowest BCUT2D eigenvalue weighted by atomic mass is 10.0. The van der Waals surface area contributed by atoms with Gasteiger partial charge in [0.1, 0.15) is 0 Å². The molecule has 0 bridgehead atoms. The molecule has 29 heavy (non-hydrogen) atoms. The summed E-state index contributed by atoms with van der Waals surface area (Å²) >= 11 is 3.54. The van der Waals surface area contributed by atoms with Crippen molar-refractivity contribution in [3.05, 3.63) is 58.3 Å². The van der Waals surface area contributed by atoms with Crippen LogP contribution >= 0.6 is 15.9 Å². The summed E-state index contributed by atoms with van der Waals surface area (Å²) in [6.45, 7) is 2.12. The number of ether oxygens (including phenoxy) is 1. The number of rotatable bonds is 7. The third kappa shape index (κ3) is 5.62. The molecule has 7 nitrogen and oxygen atoms in total. The first-order valence-corrected chi connectivity index (χ1v) is 10.3. The molecule has 0 saturated heterocycles. The van der Waals surface area contributed by atoms with E-state index in [0.29, 0.717) is 13.0 Å². The highest BCUT2D eigenvalue weighted by Gasteiger charge is 2.28. The van der Waals surface area contributed by atoms with Crippen LogP contribution in [-0.4, -0.2) is 53.7 Å². The molecule has 0 radical (unpaired) electrons. The van der Waals surface area contributed by atoms with Crippen LogP contribution in [0.4, 0.5) is 5.69 Å². The van der Waals surface area contributed by atoms with Crippen molar-refractivity contribution in [3.63, 3.8) is 0 Å². The number of hydrogen-bond acceptors (Lipinski definition) is 7. The molecule has 0 spiro atoms. The van der Waals surface area contributed by atoms with Crippen LogP contribution in [0.15, 0.2) is 52.1 Å². The van der Waals surface area contributed by atoms with Gasteiger partial charge >= 0.3 is 5.97 Å². The number of benzene rings is 1. The van der Waals surface area contributed by atoms with Gasteiger partial charge in [0.05, 0.1) is 36.8 Å². The van der Waals surface area contributed by atoms with Crippen molar-refractivity contribution in [1.29, 1.82) is 0 Å². The van der Waals surface area contributed by atoms with Crippen LogP contribution in [0.25, 0.3) is 0 Å². The van der Waals surface area contributed by atoms with Crippen molar-refractivity contribution in [2.24, 2.45) is 4.99 Å². The largest absolute Gasteiger partial charge is 0.469 e. The van der Waals surface area contributed by atoms with Gasteiger partial charge in [-0.2, -0.15) is 0 Å². The van der Waals surface area contributed by atoms with Gasteiger partial charge in [0.15, 0.2) is 0 Å². The minimum atomic E-state index is -0.509. The van der Waals surface area contributed by atoms with Gasteiger partial charge in [-0.1, -0.05) is 22.0 Å². The van der Waals surface area contributed by atoms with E-state index in [-0.39, 0.29) is 24.6 Å². The zero-order valence-electron chi connectivity index (χ0n) is 16.4. The summed E-state index contributed by atoms with van der Waals surface area (Å²) < 4.78 is 5.74. The van der Waals surface area contributed by atoms with Crippen LogP contribution < -0.4 is 10.6 Å². The van der Waals surface area contributed by atoms with Crippen LogP contribution in [0.2, 0.25) is 0 Å². The molecule has 3 atom stereocenters. The molecule has 1 aromatic heterocycles. The number of esters is 1. The maximum Gasteiger partial charge on any atom is 0.305 e. The lowest BCUT2D eigenvalue weighted by molar-refractivity contribution is -0.140. The maximum atomic E-state index is 11.8. The second kappa shape index (κ2) is 9.96. The number of nitrogens with zero attached hydrogens (tertiary/aromatic N) is 2. The van der Waals surface area contributed by atoms with E-state index in [2.05, 4.69) is 31.5 Å². The molecule has 1 unspecified atom stereocenters. The molecule has 0 saturated carbocycles. The Morgan fingerprint density at radius 1 is 1.38 bits per heavy atom. The van der Waals surface area contributed by atoms with Crippen LogP contribution in [0, 0.1) is 0 Å². The van der Waals surface area contributed by atoms with Crippen LogP contribution in [0.1, 0.15) is 31.0 Å². The smallest absolute Gasteiger partial charge is 0.305 e. The zero-order valence-corrected chi connectivity index (χ0v) is 18.0. The van der Waals surface area contributed by atoms with Gasteiger partial charge in [0.2, 0.25) is 0 Å². The van der Waals surface area contributed by atoms with Crippen molar-refractivity contribution in [2.75, 3.05) is 19.0 Å². The van der Waals surface area contributed by atoms with Crippen LogP contribution in [0.5, 0.6) is 0 Å². The summed E-state index contributed by atoms with van der Waals surface area (Å²) in [7, 11) is 1.38. The summed E-state index contributed by atoms with van der Waals surface area (Å²) in [6.07, 6.45) is 1.69. The topological polar surface area (TPSA) is 95.8 Å². The van der Waals surface area contributed by atoms with E-state index in [1.807, 2.05) is 36.4 Å². The van der Waals surface area contributed by atoms with Gasteiger partial charge in [-0.15, -0.1) is 0 Å². The highest BCUT2D eigenvalue weighted by atomic mass is 79.9. The van der Waals surface area contributed by atoms with E-state index in [1.165, 1.54) is 7.11 Å². The minimum absolute atomic E-state index is 0.245. The fourth-order valence-electron chi connectivity index (χ4n) is 3.20. The monoisotopic (exact) mass is 460 g/mol. The van der Waals surface area contributed by atoms with E-state index in [4.69, 9.17) is 9.73 Å². The predicted octanol–water partition coefficient (Wildman–Crippen LogP) is 2.73. The standard InChI is InChI=1S/C21H25BrN4O3/c1-13(27)12-24-21-18(8-9-19(28)29-2)25-20(17-5-3-4-10-23-17)15-11-14(22)6-7-16(15)26-21/h3-7,10-11,13,18,21,24,26-27H,8-9,12H2,1-2H3/t13-,18-,21?/m0/s1. The molecule has 154 valence electrons. The SMILES string of the molecule is COC(=O)CC[C@@H]1N=C(c2ccccn2)c2cc(Br)ccc2NC1NC[C@H](C)O. The first-order valence-electron chi connectivity index (χ1n) is 9.52. The van der Waals surface area contributed by atoms with Crippen molar-refractivity contribution >= 4 is 33.3 Å². The number of methoxy groups -OCH3 is 1. The van der Waals surface area contributed by atoms with E-state index in [9.17, 15) is 9.90 Å². The number of halogens is 1. The summed E-state index contributed by atoms with van der Waals surface area (Å²) in [4.78, 5) is 21.3. The second-order valence-electron chi connectivity index (χ2n) is 6.94. The summed E-state index contributed by atoms with van der Waals surface area (Å²) in [6, 6.07) is 11.4. The molecular formula is C21H25BrN4O3. The Labute approximate surface area is 178 Å². The molecule has 0 amide bonds. The zero-order chi connectivity index (χ0) is 20.8. The fourth-order valence-corrected chi connectivity index (χ4v) is 3.56. The number of anilines is 1. The highest BCUT2D eigenvalue weighted by molar-refractivity contribution is 9.10. The lowest BCUT2D eigenvalue weighted by Gasteiger charge is -2.26. The first kappa shape index (κ1) is 21.4. The maximum absolute atomic E-state index is 11.8. The molecule has 1 aliphatic heterocycles. The molecular weight excluding hydrogens is 436 g/mol. The van der Waals surface area contributed by atoms with Crippen molar-refractivity contribution < 1.29 is 14.6 Å². The second-order valence-corrected chi connectivity index (χ2v) is 7.86. The molecule has 0 aliphatic carbocycles. The third-order valence-electron chi connectivity index (χ3n) is 4.64. The number of aromatic nitrogens is 1. The lowest BCUT2D eigenvalue weighted by Crippen LogP contribution is -2.47. The third-order valence-corrected chi connectivity index (χ3v) is 5.13. The normalized spacial score (nSPS) is 19.4. The summed E-state index contributed by atoms with van der Waals surface area (Å²) in [5.74, 6) is -0.279. The van der Waals surface area contributed by atoms with Gasteiger partial charge in [-0.05, 0) is 43.7 Å². The molecule has 1 aromatic carbocycles. The molecule has 3 rings (SSSR count). The number of aliphatic imine (C=N–C) groups is 1. The van der Waals surface area contributed by atoms with E-state index >= 15 is 0 Å². The molecule has 2 aromatic rings. The number of fused-ring (bicyclic) bond motifs is 1. The fraction of sp³-hybridized carbons (Fsp3) is 0.381. The Kier molecular flexibility index (Phi) is 7.35. The van der Waals surface area contributed by atoms with Gasteiger partial charge in [-0.25, -0.2) is 0 Å². The average Bonchev–Trinajstić information content (AvgIpc) is 2.87. The number of aliphatic hydroxyl groups is 1. The summed E-state index contributed by atoms with van der Waals surface area (Å²) in [5, 5.41) is 16.6. The Morgan fingerprint density at radius 2 is 2.21 bits per heavy atom. The number of nitrogens with one attached hydrogen (secondary N) is 2. The quantitative estimate of drug-likeness (QED) is 0.549. The number of pyridine rings is 1. The Hall–Kier alpha value is -2.29. The molecule has 8 heteroatoms. The molecule has 3 N–H and O–H groups in total. The van der Waals surface area contributed by atoms with Crippen molar-refractivity contribution in [1.82, 2.24) is 10.3 Å². The minimum Gasteiger partial charge on any atom is -0.469 e. The number of carbonyl (C=O) groups is 1. The number of carbonyl (C=O) groups excluding carboxylic acids is 1. The van der Waals surface area contributed by atoms with Gasteiger partial charge < -0.3 is 15.2 Å². The molecule has 2 heterocycles. The van der Waals surface area contributed by atoms with Crippen LogP contribution in [-0.2, 0) is 9.53 Å². The number of hydrogen-bond donors (Lipinski definition) is 3. The molecule has 0 fully saturated rings. The Balaban J connectivity index is 2.04.